The number of nitrogens with one attached hydrogen (secondary N) is 1. The molecule has 0 fully saturated rings. The molecule has 0 unspecified atom stereocenters. The molecule has 0 saturated heterocycles. The molecule has 0 aliphatic carbocycles. The molecular formula is C18H19N3O3S. The lowest BCUT2D eigenvalue weighted by molar-refractivity contribution is -0.385. The number of carbonyl (C=O) groups is 1. The van der Waals surface area contributed by atoms with Crippen molar-refractivity contribution in [1.82, 2.24) is 0 Å². The second kappa shape index (κ2) is 7.14. The number of benzene rings is 2. The number of nitrogens with zero attached hydrogens (tertiary/aromatic N) is 2. The van der Waals surface area contributed by atoms with Gasteiger partial charge in [0.2, 0.25) is 5.91 Å². The SMILES string of the molecule is Cc1cc(C)c([N+](=O)[O-])cc1NCC(=O)N1CCSc2ccccc21. The van der Waals surface area contributed by atoms with Crippen LogP contribution in [0.3, 0.4) is 0 Å². The first-order chi connectivity index (χ1) is 12.0. The summed E-state index contributed by atoms with van der Waals surface area (Å²) in [5, 5.41) is 14.2. The van der Waals surface area contributed by atoms with Crippen molar-refractivity contribution in [1.29, 1.82) is 0 Å². The number of thioether (sulfide) groups is 1. The Labute approximate surface area is 150 Å². The van der Waals surface area contributed by atoms with Crippen molar-refractivity contribution >= 4 is 34.7 Å². The Morgan fingerprint density at radius 1 is 1.28 bits per heavy atom. The van der Waals surface area contributed by atoms with E-state index in [0.717, 1.165) is 21.9 Å². The molecule has 0 atom stereocenters. The van der Waals surface area contributed by atoms with Gasteiger partial charge in [-0.2, -0.15) is 0 Å². The highest BCUT2D eigenvalue weighted by Gasteiger charge is 2.22. The van der Waals surface area contributed by atoms with Gasteiger partial charge in [-0.25, -0.2) is 0 Å². The molecular weight excluding hydrogens is 338 g/mol. The number of carbonyl (C=O) groups excluding carboxylic acids is 1. The summed E-state index contributed by atoms with van der Waals surface area (Å²) >= 11 is 1.74. The Kier molecular flexibility index (Phi) is 4.94. The molecule has 2 aromatic rings. The van der Waals surface area contributed by atoms with Gasteiger partial charge in [-0.05, 0) is 37.6 Å². The fraction of sp³-hybridized carbons (Fsp3) is 0.278. The van der Waals surface area contributed by atoms with Gasteiger partial charge in [-0.1, -0.05) is 12.1 Å². The Morgan fingerprint density at radius 3 is 2.80 bits per heavy atom. The highest BCUT2D eigenvalue weighted by atomic mass is 32.2. The Morgan fingerprint density at radius 2 is 2.04 bits per heavy atom. The first-order valence-corrected chi connectivity index (χ1v) is 8.97. The van der Waals surface area contributed by atoms with Crippen LogP contribution in [0.25, 0.3) is 0 Å². The van der Waals surface area contributed by atoms with E-state index in [2.05, 4.69) is 5.32 Å². The summed E-state index contributed by atoms with van der Waals surface area (Å²) in [6, 6.07) is 11.1. The molecule has 6 nitrogen and oxygen atoms in total. The van der Waals surface area contributed by atoms with E-state index in [1.54, 1.807) is 29.7 Å². The van der Waals surface area contributed by atoms with E-state index in [-0.39, 0.29) is 18.1 Å². The molecule has 1 aliphatic heterocycles. The zero-order valence-corrected chi connectivity index (χ0v) is 14.9. The van der Waals surface area contributed by atoms with E-state index in [1.807, 2.05) is 31.2 Å². The predicted molar refractivity (Wildman–Crippen MR) is 101 cm³/mol. The van der Waals surface area contributed by atoms with Crippen molar-refractivity contribution < 1.29 is 9.72 Å². The number of para-hydroxylation sites is 1. The van der Waals surface area contributed by atoms with Crippen LogP contribution in [0, 0.1) is 24.0 Å². The van der Waals surface area contributed by atoms with Crippen LogP contribution in [0.15, 0.2) is 41.3 Å². The molecule has 7 heteroatoms. The number of fused-ring (bicyclic) bond motifs is 1. The van der Waals surface area contributed by atoms with E-state index in [1.165, 1.54) is 6.07 Å². The topological polar surface area (TPSA) is 75.5 Å². The highest BCUT2D eigenvalue weighted by molar-refractivity contribution is 7.99. The fourth-order valence-electron chi connectivity index (χ4n) is 2.92. The average Bonchev–Trinajstić information content (AvgIpc) is 2.60. The molecule has 2 aromatic carbocycles. The minimum Gasteiger partial charge on any atom is -0.376 e. The molecule has 25 heavy (non-hydrogen) atoms. The third kappa shape index (κ3) is 3.61. The van der Waals surface area contributed by atoms with Crippen LogP contribution in [-0.2, 0) is 4.79 Å². The lowest BCUT2D eigenvalue weighted by Crippen LogP contribution is -2.39. The molecule has 3 rings (SSSR count). The molecule has 0 saturated carbocycles. The van der Waals surface area contributed by atoms with Gasteiger partial charge in [-0.3, -0.25) is 14.9 Å². The van der Waals surface area contributed by atoms with Crippen molar-refractivity contribution in [3.63, 3.8) is 0 Å². The molecule has 0 aromatic heterocycles. The smallest absolute Gasteiger partial charge is 0.274 e. The summed E-state index contributed by atoms with van der Waals surface area (Å²) in [5.74, 6) is 0.813. The molecule has 0 bridgehead atoms. The number of anilines is 2. The molecule has 1 amide bonds. The van der Waals surface area contributed by atoms with Gasteiger partial charge < -0.3 is 10.2 Å². The number of hydrogen-bond acceptors (Lipinski definition) is 5. The van der Waals surface area contributed by atoms with Gasteiger partial charge in [-0.15, -0.1) is 11.8 Å². The van der Waals surface area contributed by atoms with Crippen molar-refractivity contribution in [3.8, 4) is 0 Å². The number of aryl methyl sites for hydroxylation is 2. The average molecular weight is 357 g/mol. The number of amides is 1. The van der Waals surface area contributed by atoms with Crippen LogP contribution in [0.1, 0.15) is 11.1 Å². The third-order valence-electron chi connectivity index (χ3n) is 4.20. The van der Waals surface area contributed by atoms with E-state index >= 15 is 0 Å². The lowest BCUT2D eigenvalue weighted by atomic mass is 10.1. The van der Waals surface area contributed by atoms with E-state index < -0.39 is 4.92 Å². The van der Waals surface area contributed by atoms with Gasteiger partial charge in [0.25, 0.3) is 5.69 Å². The summed E-state index contributed by atoms with van der Waals surface area (Å²) in [6.45, 7) is 4.34. The Hall–Kier alpha value is -2.54. The number of nitro benzene ring substituents is 1. The van der Waals surface area contributed by atoms with Crippen molar-refractivity contribution in [2.24, 2.45) is 0 Å². The number of nitro groups is 1. The highest BCUT2D eigenvalue weighted by Crippen LogP contribution is 2.34. The van der Waals surface area contributed by atoms with Crippen LogP contribution in [0.4, 0.5) is 17.1 Å². The van der Waals surface area contributed by atoms with Crippen LogP contribution in [0.2, 0.25) is 0 Å². The molecule has 130 valence electrons. The summed E-state index contributed by atoms with van der Waals surface area (Å²) in [4.78, 5) is 26.2. The van der Waals surface area contributed by atoms with Gasteiger partial charge in [0.05, 0.1) is 17.2 Å². The zero-order chi connectivity index (χ0) is 18.0. The second-order valence-corrected chi connectivity index (χ2v) is 7.06. The minimum absolute atomic E-state index is 0.0459. The normalized spacial score (nSPS) is 13.3. The first kappa shape index (κ1) is 17.3. The van der Waals surface area contributed by atoms with Gasteiger partial charge >= 0.3 is 0 Å². The summed E-state index contributed by atoms with van der Waals surface area (Å²) in [6.07, 6.45) is 0. The number of rotatable bonds is 4. The maximum absolute atomic E-state index is 12.7. The lowest BCUT2D eigenvalue weighted by Gasteiger charge is -2.29. The maximum atomic E-state index is 12.7. The van der Waals surface area contributed by atoms with Crippen molar-refractivity contribution in [3.05, 3.63) is 57.6 Å². The van der Waals surface area contributed by atoms with Crippen LogP contribution >= 0.6 is 11.8 Å². The van der Waals surface area contributed by atoms with Gasteiger partial charge in [0.15, 0.2) is 0 Å². The summed E-state index contributed by atoms with van der Waals surface area (Å²) in [5.41, 5.74) is 3.09. The van der Waals surface area contributed by atoms with Crippen molar-refractivity contribution in [2.75, 3.05) is 29.1 Å². The van der Waals surface area contributed by atoms with E-state index in [4.69, 9.17) is 0 Å². The van der Waals surface area contributed by atoms with Crippen LogP contribution in [0.5, 0.6) is 0 Å². The van der Waals surface area contributed by atoms with Gasteiger partial charge in [0, 0.05) is 34.5 Å². The maximum Gasteiger partial charge on any atom is 0.274 e. The third-order valence-corrected chi connectivity index (χ3v) is 5.24. The van der Waals surface area contributed by atoms with Crippen LogP contribution < -0.4 is 10.2 Å². The van der Waals surface area contributed by atoms with Gasteiger partial charge in [0.1, 0.15) is 0 Å². The van der Waals surface area contributed by atoms with Crippen molar-refractivity contribution in [2.45, 2.75) is 18.7 Å². The van der Waals surface area contributed by atoms with E-state index in [0.29, 0.717) is 17.8 Å². The number of hydrogen-bond donors (Lipinski definition) is 1. The molecule has 1 N–H and O–H groups in total. The molecule has 0 spiro atoms. The van der Waals surface area contributed by atoms with Crippen LogP contribution in [-0.4, -0.2) is 29.7 Å². The summed E-state index contributed by atoms with van der Waals surface area (Å²) in [7, 11) is 0. The Balaban J connectivity index is 1.76. The largest absolute Gasteiger partial charge is 0.376 e. The first-order valence-electron chi connectivity index (χ1n) is 7.99. The predicted octanol–water partition coefficient (Wildman–Crippen LogP) is 3.76. The van der Waals surface area contributed by atoms with E-state index in [9.17, 15) is 14.9 Å². The minimum atomic E-state index is -0.403. The second-order valence-electron chi connectivity index (χ2n) is 5.93. The molecule has 1 aliphatic rings. The quantitative estimate of drug-likeness (QED) is 0.666. The molecule has 0 radical (unpaired) electrons. The zero-order valence-electron chi connectivity index (χ0n) is 14.1. The molecule has 1 heterocycles. The Bertz CT molecular complexity index is 838. The standard InChI is InChI=1S/C18H19N3O3S/c1-12-9-13(2)16(21(23)24)10-14(12)19-11-18(22)20-7-8-25-17-6-4-3-5-15(17)20/h3-6,9-10,19H,7-8,11H2,1-2H3. The monoisotopic (exact) mass is 357 g/mol. The summed E-state index contributed by atoms with van der Waals surface area (Å²) < 4.78 is 0. The fourth-order valence-corrected chi connectivity index (χ4v) is 3.92.